The van der Waals surface area contributed by atoms with E-state index in [1.165, 1.54) is 5.56 Å². The molecule has 1 aliphatic heterocycles. The van der Waals surface area contributed by atoms with Gasteiger partial charge in [-0.25, -0.2) is 0 Å². The van der Waals surface area contributed by atoms with Gasteiger partial charge in [-0.15, -0.1) is 0 Å². The maximum atomic E-state index is 10.2. The third-order valence-corrected chi connectivity index (χ3v) is 4.70. The fraction of sp³-hybridized carbons (Fsp3) is 0.500. The molecular weight excluding hydrogens is 304 g/mol. The van der Waals surface area contributed by atoms with Gasteiger partial charge in [0.2, 0.25) is 0 Å². The van der Waals surface area contributed by atoms with E-state index in [2.05, 4.69) is 51.6 Å². The molecule has 3 rings (SSSR count). The average molecular weight is 330 g/mol. The van der Waals surface area contributed by atoms with Gasteiger partial charge in [-0.1, -0.05) is 30.3 Å². The highest BCUT2D eigenvalue weighted by Gasteiger charge is 2.42. The monoisotopic (exact) mass is 330 g/mol. The number of aromatic amines is 1. The average Bonchev–Trinajstić information content (AvgIpc) is 3.12. The van der Waals surface area contributed by atoms with Crippen molar-refractivity contribution in [2.75, 3.05) is 26.4 Å². The van der Waals surface area contributed by atoms with Crippen molar-refractivity contribution in [2.45, 2.75) is 31.6 Å². The Kier molecular flexibility index (Phi) is 5.63. The number of nitrogens with one attached hydrogen (secondary N) is 2. The molecule has 1 fully saturated rings. The van der Waals surface area contributed by atoms with E-state index in [9.17, 15) is 5.11 Å². The van der Waals surface area contributed by atoms with E-state index in [0.29, 0.717) is 26.3 Å². The molecule has 24 heavy (non-hydrogen) atoms. The van der Waals surface area contributed by atoms with Gasteiger partial charge in [0.1, 0.15) is 0 Å². The van der Waals surface area contributed by atoms with Gasteiger partial charge in [-0.3, -0.25) is 10.00 Å². The van der Waals surface area contributed by atoms with Crippen LogP contribution in [0.3, 0.4) is 0 Å². The number of aliphatic hydroxyl groups is 1. The van der Waals surface area contributed by atoms with Crippen molar-refractivity contribution in [3.63, 3.8) is 0 Å². The zero-order valence-corrected chi connectivity index (χ0v) is 14.1. The Morgan fingerprint density at radius 3 is 2.92 bits per heavy atom. The molecular formula is C18H26N4O2. The van der Waals surface area contributed by atoms with Crippen LogP contribution in [0.15, 0.2) is 42.7 Å². The number of ether oxygens (including phenoxy) is 1. The second kappa shape index (κ2) is 7.90. The third kappa shape index (κ3) is 3.84. The maximum Gasteiger partial charge on any atom is 0.0807 e. The smallest absolute Gasteiger partial charge is 0.0807 e. The first-order valence-electron chi connectivity index (χ1n) is 8.41. The van der Waals surface area contributed by atoms with Crippen molar-refractivity contribution in [1.29, 1.82) is 0 Å². The van der Waals surface area contributed by atoms with Crippen molar-refractivity contribution in [1.82, 2.24) is 20.4 Å². The lowest BCUT2D eigenvalue weighted by Crippen LogP contribution is -2.66. The van der Waals surface area contributed by atoms with E-state index in [-0.39, 0.29) is 12.6 Å². The van der Waals surface area contributed by atoms with Crippen molar-refractivity contribution >= 4 is 0 Å². The van der Waals surface area contributed by atoms with E-state index >= 15 is 0 Å². The minimum atomic E-state index is -0.419. The highest BCUT2D eigenvalue weighted by molar-refractivity contribution is 5.16. The lowest BCUT2D eigenvalue weighted by atomic mass is 9.94. The SMILES string of the molecule is C[C@@H]1COC[C@@](CO)(CNCc2cn[nH]c2)N1Cc1ccccc1. The Bertz CT molecular complexity index is 605. The molecule has 2 aromatic rings. The largest absolute Gasteiger partial charge is 0.394 e. The number of hydrogen-bond donors (Lipinski definition) is 3. The number of aliphatic hydroxyl groups excluding tert-OH is 1. The molecule has 0 amide bonds. The van der Waals surface area contributed by atoms with Crippen LogP contribution >= 0.6 is 0 Å². The zero-order valence-electron chi connectivity index (χ0n) is 14.1. The normalized spacial score (nSPS) is 25.0. The number of aromatic nitrogens is 2. The number of rotatable bonds is 7. The molecule has 0 radical (unpaired) electrons. The molecule has 0 bridgehead atoms. The summed E-state index contributed by atoms with van der Waals surface area (Å²) < 4.78 is 5.78. The van der Waals surface area contributed by atoms with Crippen LogP contribution in [-0.2, 0) is 17.8 Å². The predicted octanol–water partition coefficient (Wildman–Crippen LogP) is 1.15. The van der Waals surface area contributed by atoms with E-state index in [0.717, 1.165) is 12.1 Å². The summed E-state index contributed by atoms with van der Waals surface area (Å²) in [5.74, 6) is 0. The summed E-state index contributed by atoms with van der Waals surface area (Å²) in [6, 6.07) is 10.6. The van der Waals surface area contributed by atoms with Gasteiger partial charge in [-0.05, 0) is 12.5 Å². The molecule has 1 saturated heterocycles. The molecule has 2 heterocycles. The fourth-order valence-electron chi connectivity index (χ4n) is 3.32. The van der Waals surface area contributed by atoms with Crippen molar-refractivity contribution in [3.8, 4) is 0 Å². The first-order valence-corrected chi connectivity index (χ1v) is 8.41. The molecule has 6 heteroatoms. The van der Waals surface area contributed by atoms with Gasteiger partial charge in [0.15, 0.2) is 0 Å². The summed E-state index contributed by atoms with van der Waals surface area (Å²) in [6.45, 7) is 5.61. The number of morpholine rings is 1. The summed E-state index contributed by atoms with van der Waals surface area (Å²) in [5, 5.41) is 20.4. The highest BCUT2D eigenvalue weighted by atomic mass is 16.5. The van der Waals surface area contributed by atoms with Crippen LogP contribution in [0.1, 0.15) is 18.1 Å². The van der Waals surface area contributed by atoms with Crippen molar-refractivity contribution in [2.24, 2.45) is 0 Å². The summed E-state index contributed by atoms with van der Waals surface area (Å²) in [6.07, 6.45) is 3.68. The minimum Gasteiger partial charge on any atom is -0.394 e. The van der Waals surface area contributed by atoms with Crippen molar-refractivity contribution in [3.05, 3.63) is 53.9 Å². The summed E-state index contributed by atoms with van der Waals surface area (Å²) in [7, 11) is 0. The van der Waals surface area contributed by atoms with Crippen LogP contribution in [0.4, 0.5) is 0 Å². The topological polar surface area (TPSA) is 73.4 Å². The van der Waals surface area contributed by atoms with E-state index < -0.39 is 5.54 Å². The van der Waals surface area contributed by atoms with Crippen LogP contribution < -0.4 is 5.32 Å². The van der Waals surface area contributed by atoms with E-state index in [1.54, 1.807) is 6.20 Å². The maximum absolute atomic E-state index is 10.2. The second-order valence-corrected chi connectivity index (χ2v) is 6.57. The van der Waals surface area contributed by atoms with E-state index in [1.807, 2.05) is 12.3 Å². The van der Waals surface area contributed by atoms with E-state index in [4.69, 9.17) is 4.74 Å². The molecule has 0 saturated carbocycles. The molecule has 3 N–H and O–H groups in total. The number of nitrogens with zero attached hydrogens (tertiary/aromatic N) is 2. The van der Waals surface area contributed by atoms with Gasteiger partial charge in [0.05, 0.1) is 31.6 Å². The van der Waals surface area contributed by atoms with Gasteiger partial charge in [-0.2, -0.15) is 5.10 Å². The molecule has 0 spiro atoms. The lowest BCUT2D eigenvalue weighted by Gasteiger charge is -2.49. The zero-order chi connectivity index (χ0) is 16.8. The number of benzene rings is 1. The van der Waals surface area contributed by atoms with Crippen LogP contribution in [0.2, 0.25) is 0 Å². The van der Waals surface area contributed by atoms with Crippen molar-refractivity contribution < 1.29 is 9.84 Å². The molecule has 1 aliphatic rings. The Morgan fingerprint density at radius 1 is 1.38 bits per heavy atom. The first kappa shape index (κ1) is 17.1. The lowest BCUT2D eigenvalue weighted by molar-refractivity contribution is -0.122. The number of H-pyrrole nitrogens is 1. The Labute approximate surface area is 142 Å². The predicted molar refractivity (Wildman–Crippen MR) is 92.4 cm³/mol. The Morgan fingerprint density at radius 2 is 2.21 bits per heavy atom. The Hall–Kier alpha value is -1.73. The standard InChI is InChI=1S/C18H26N4O2/c1-15-11-24-14-18(13-23,12-19-7-17-8-20-21-9-17)22(15)10-16-5-3-2-4-6-16/h2-6,8-9,15,19,23H,7,10-14H2,1H3,(H,20,21)/t15-,18+/m1/s1. The molecule has 2 atom stereocenters. The molecule has 6 nitrogen and oxygen atoms in total. The molecule has 130 valence electrons. The fourth-order valence-corrected chi connectivity index (χ4v) is 3.32. The van der Waals surface area contributed by atoms with Crippen LogP contribution in [0.5, 0.6) is 0 Å². The molecule has 0 unspecified atom stereocenters. The third-order valence-electron chi connectivity index (χ3n) is 4.70. The van der Waals surface area contributed by atoms with Gasteiger partial charge in [0, 0.05) is 37.4 Å². The Balaban J connectivity index is 1.71. The molecule has 1 aromatic carbocycles. The van der Waals surface area contributed by atoms with Gasteiger partial charge >= 0.3 is 0 Å². The first-order chi connectivity index (χ1) is 11.7. The van der Waals surface area contributed by atoms with Gasteiger partial charge < -0.3 is 15.2 Å². The summed E-state index contributed by atoms with van der Waals surface area (Å²) >= 11 is 0. The van der Waals surface area contributed by atoms with Crippen LogP contribution in [0, 0.1) is 0 Å². The molecule has 0 aliphatic carbocycles. The number of hydrogen-bond acceptors (Lipinski definition) is 5. The second-order valence-electron chi connectivity index (χ2n) is 6.57. The minimum absolute atomic E-state index is 0.0581. The van der Waals surface area contributed by atoms with Gasteiger partial charge in [0.25, 0.3) is 0 Å². The van der Waals surface area contributed by atoms with Crippen LogP contribution in [-0.4, -0.2) is 58.1 Å². The van der Waals surface area contributed by atoms with Crippen LogP contribution in [0.25, 0.3) is 0 Å². The molecule has 1 aromatic heterocycles. The quantitative estimate of drug-likeness (QED) is 0.710. The highest BCUT2D eigenvalue weighted by Crippen LogP contribution is 2.26. The summed E-state index contributed by atoms with van der Waals surface area (Å²) in [4.78, 5) is 2.37. The summed E-state index contributed by atoms with van der Waals surface area (Å²) in [5.41, 5.74) is 1.93.